The fourth-order valence-electron chi connectivity index (χ4n) is 1.68. The van der Waals surface area contributed by atoms with Crippen LogP contribution >= 0.6 is 43.2 Å². The molecule has 2 aromatic rings. The zero-order valence-corrected chi connectivity index (χ0v) is 13.8. The van der Waals surface area contributed by atoms with Gasteiger partial charge in [0.05, 0.1) is 5.69 Å². The van der Waals surface area contributed by atoms with E-state index in [-0.39, 0.29) is 0 Å². The number of aromatic nitrogens is 1. The molecule has 0 aliphatic heterocycles. The quantitative estimate of drug-likeness (QED) is 0.833. The zero-order chi connectivity index (χ0) is 13.1. The Morgan fingerprint density at radius 1 is 1.33 bits per heavy atom. The molecule has 2 nitrogen and oxygen atoms in total. The first-order valence-electron chi connectivity index (χ1n) is 5.66. The lowest BCUT2D eigenvalue weighted by Crippen LogP contribution is -2.04. The maximum absolute atomic E-state index is 10.2. The van der Waals surface area contributed by atoms with Crippen molar-refractivity contribution in [3.05, 3.63) is 48.8 Å². The van der Waals surface area contributed by atoms with E-state index in [0.29, 0.717) is 12.1 Å². The number of aliphatic hydroxyl groups excluding tert-OH is 1. The van der Waals surface area contributed by atoms with E-state index in [2.05, 4.69) is 55.9 Å². The molecule has 0 aliphatic rings. The van der Waals surface area contributed by atoms with Crippen molar-refractivity contribution >= 4 is 43.2 Å². The summed E-state index contributed by atoms with van der Waals surface area (Å²) in [6.45, 7) is 2.14. The molecule has 1 N–H and O–H groups in total. The largest absolute Gasteiger partial charge is 0.386 e. The van der Waals surface area contributed by atoms with E-state index in [9.17, 15) is 5.11 Å². The molecule has 0 aliphatic carbocycles. The highest BCUT2D eigenvalue weighted by molar-refractivity contribution is 9.11. The van der Waals surface area contributed by atoms with Crippen LogP contribution in [0.1, 0.15) is 28.5 Å². The minimum Gasteiger partial charge on any atom is -0.386 e. The van der Waals surface area contributed by atoms with Crippen molar-refractivity contribution < 1.29 is 5.11 Å². The summed E-state index contributed by atoms with van der Waals surface area (Å²) in [6.07, 6.45) is 2.78. The van der Waals surface area contributed by atoms with E-state index in [1.54, 1.807) is 17.5 Å². The Labute approximate surface area is 127 Å². The fraction of sp³-hybridized carbons (Fsp3) is 0.308. The standard InChI is InChI=1S/C13H13Br2NOS/c1-2-9-3-4-10(18-9)6-12(17)13-11(15)5-8(14)7-16-13/h3-5,7,12,17H,2,6H2,1H3. The van der Waals surface area contributed by atoms with Gasteiger partial charge < -0.3 is 5.11 Å². The van der Waals surface area contributed by atoms with Gasteiger partial charge in [-0.3, -0.25) is 4.98 Å². The molecule has 0 amide bonds. The summed E-state index contributed by atoms with van der Waals surface area (Å²) in [5.41, 5.74) is 0.685. The van der Waals surface area contributed by atoms with Gasteiger partial charge in [-0.25, -0.2) is 0 Å². The van der Waals surface area contributed by atoms with E-state index >= 15 is 0 Å². The van der Waals surface area contributed by atoms with E-state index in [1.807, 2.05) is 6.07 Å². The smallest absolute Gasteiger partial charge is 0.102 e. The highest BCUT2D eigenvalue weighted by Crippen LogP contribution is 2.28. The Morgan fingerprint density at radius 2 is 2.06 bits per heavy atom. The molecular weight excluding hydrogens is 378 g/mol. The van der Waals surface area contributed by atoms with Crippen molar-refractivity contribution in [1.29, 1.82) is 0 Å². The van der Waals surface area contributed by atoms with Crippen LogP contribution in [0, 0.1) is 0 Å². The van der Waals surface area contributed by atoms with Crippen molar-refractivity contribution in [3.63, 3.8) is 0 Å². The maximum atomic E-state index is 10.2. The monoisotopic (exact) mass is 389 g/mol. The second-order valence-electron chi connectivity index (χ2n) is 3.96. The molecule has 0 fully saturated rings. The van der Waals surface area contributed by atoms with Gasteiger partial charge in [0.2, 0.25) is 0 Å². The van der Waals surface area contributed by atoms with Gasteiger partial charge in [-0.05, 0) is 56.5 Å². The molecular formula is C13H13Br2NOS. The predicted octanol–water partition coefficient (Wildman–Crippen LogP) is 4.51. The summed E-state index contributed by atoms with van der Waals surface area (Å²) in [4.78, 5) is 6.80. The summed E-state index contributed by atoms with van der Waals surface area (Å²) in [7, 11) is 0. The average Bonchev–Trinajstić information content (AvgIpc) is 2.76. The summed E-state index contributed by atoms with van der Waals surface area (Å²) in [5.74, 6) is 0. The molecule has 18 heavy (non-hydrogen) atoms. The van der Waals surface area contributed by atoms with Gasteiger partial charge in [-0.15, -0.1) is 11.3 Å². The van der Waals surface area contributed by atoms with Crippen LogP contribution in [0.25, 0.3) is 0 Å². The average molecular weight is 391 g/mol. The van der Waals surface area contributed by atoms with Crippen LogP contribution < -0.4 is 0 Å². The van der Waals surface area contributed by atoms with Crippen molar-refractivity contribution in [1.82, 2.24) is 4.98 Å². The number of nitrogens with zero attached hydrogens (tertiary/aromatic N) is 1. The first-order valence-corrected chi connectivity index (χ1v) is 8.07. The van der Waals surface area contributed by atoms with Gasteiger partial charge >= 0.3 is 0 Å². The fourth-order valence-corrected chi connectivity index (χ4v) is 3.93. The van der Waals surface area contributed by atoms with Gasteiger partial charge in [0.1, 0.15) is 6.10 Å². The Hall–Kier alpha value is -0.230. The van der Waals surface area contributed by atoms with Gasteiger partial charge in [0.25, 0.3) is 0 Å². The highest BCUT2D eigenvalue weighted by Gasteiger charge is 2.15. The lowest BCUT2D eigenvalue weighted by Gasteiger charge is -2.10. The van der Waals surface area contributed by atoms with E-state index < -0.39 is 6.10 Å². The molecule has 2 aromatic heterocycles. The van der Waals surface area contributed by atoms with E-state index in [1.165, 1.54) is 9.75 Å². The first-order chi connectivity index (χ1) is 8.60. The lowest BCUT2D eigenvalue weighted by atomic mass is 10.1. The summed E-state index contributed by atoms with van der Waals surface area (Å²) in [6, 6.07) is 6.10. The molecule has 0 radical (unpaired) electrons. The van der Waals surface area contributed by atoms with Crippen LogP contribution in [0.3, 0.4) is 0 Å². The van der Waals surface area contributed by atoms with Crippen LogP contribution in [0.15, 0.2) is 33.3 Å². The number of aryl methyl sites for hydroxylation is 1. The summed E-state index contributed by atoms with van der Waals surface area (Å²) in [5, 5.41) is 10.2. The lowest BCUT2D eigenvalue weighted by molar-refractivity contribution is 0.173. The third kappa shape index (κ3) is 3.41. The molecule has 2 rings (SSSR count). The number of hydrogen-bond acceptors (Lipinski definition) is 3. The second-order valence-corrected chi connectivity index (χ2v) is 6.98. The third-order valence-corrected chi connectivity index (χ3v) is 4.93. The van der Waals surface area contributed by atoms with Crippen molar-refractivity contribution in [2.45, 2.75) is 25.9 Å². The van der Waals surface area contributed by atoms with Gasteiger partial charge in [-0.2, -0.15) is 0 Å². The number of pyridine rings is 1. The van der Waals surface area contributed by atoms with Crippen LogP contribution in [0.5, 0.6) is 0 Å². The molecule has 0 saturated carbocycles. The molecule has 96 valence electrons. The highest BCUT2D eigenvalue weighted by atomic mass is 79.9. The Morgan fingerprint density at radius 3 is 2.67 bits per heavy atom. The normalized spacial score (nSPS) is 12.7. The van der Waals surface area contributed by atoms with Crippen LogP contribution in [-0.2, 0) is 12.8 Å². The topological polar surface area (TPSA) is 33.1 Å². The first kappa shape index (κ1) is 14.2. The third-order valence-electron chi connectivity index (χ3n) is 2.61. The molecule has 0 spiro atoms. The summed E-state index contributed by atoms with van der Waals surface area (Å²) >= 11 is 8.54. The Balaban J connectivity index is 2.13. The number of aliphatic hydroxyl groups is 1. The molecule has 1 unspecified atom stereocenters. The maximum Gasteiger partial charge on any atom is 0.102 e. The van der Waals surface area contributed by atoms with Crippen LogP contribution in [0.4, 0.5) is 0 Å². The molecule has 2 heterocycles. The minimum absolute atomic E-state index is 0.573. The van der Waals surface area contributed by atoms with Crippen molar-refractivity contribution in [2.75, 3.05) is 0 Å². The number of rotatable bonds is 4. The van der Waals surface area contributed by atoms with E-state index in [4.69, 9.17) is 0 Å². The summed E-state index contributed by atoms with van der Waals surface area (Å²) < 4.78 is 1.73. The molecule has 5 heteroatoms. The molecule has 0 saturated heterocycles. The predicted molar refractivity (Wildman–Crippen MR) is 82.0 cm³/mol. The van der Waals surface area contributed by atoms with Crippen molar-refractivity contribution in [2.24, 2.45) is 0 Å². The molecule has 1 atom stereocenters. The van der Waals surface area contributed by atoms with Crippen molar-refractivity contribution in [3.8, 4) is 0 Å². The minimum atomic E-state index is -0.573. The second kappa shape index (κ2) is 6.28. The van der Waals surface area contributed by atoms with Gasteiger partial charge in [-0.1, -0.05) is 6.92 Å². The zero-order valence-electron chi connectivity index (χ0n) is 9.86. The number of hydrogen-bond donors (Lipinski definition) is 1. The van der Waals surface area contributed by atoms with Crippen LogP contribution in [0.2, 0.25) is 0 Å². The molecule has 0 aromatic carbocycles. The number of thiophene rings is 1. The SMILES string of the molecule is CCc1ccc(CC(O)c2ncc(Br)cc2Br)s1. The Bertz CT molecular complexity index is 542. The van der Waals surface area contributed by atoms with Crippen LogP contribution in [-0.4, -0.2) is 10.1 Å². The molecule has 0 bridgehead atoms. The Kier molecular flexibility index (Phi) is 4.95. The number of halogens is 2. The van der Waals surface area contributed by atoms with Gasteiger partial charge in [0.15, 0.2) is 0 Å². The van der Waals surface area contributed by atoms with E-state index in [0.717, 1.165) is 15.4 Å². The van der Waals surface area contributed by atoms with Gasteiger partial charge in [0, 0.05) is 31.3 Å².